The lowest BCUT2D eigenvalue weighted by Gasteiger charge is -2.19. The molecule has 0 aromatic rings. The Morgan fingerprint density at radius 2 is 2.42 bits per heavy atom. The largest absolute Gasteiger partial charge is 0.469 e. The fourth-order valence-corrected chi connectivity index (χ4v) is 2.09. The Balaban J connectivity index is 0.000000720. The van der Waals surface area contributed by atoms with Crippen LogP contribution in [0.1, 0.15) is 12.8 Å². The number of carbonyl (C=O) groups excluding carboxylic acids is 1. The van der Waals surface area contributed by atoms with E-state index in [-0.39, 0.29) is 23.8 Å². The van der Waals surface area contributed by atoms with E-state index >= 15 is 0 Å². The van der Waals surface area contributed by atoms with Gasteiger partial charge in [0.1, 0.15) is 0 Å². The molecule has 1 N–H and O–H groups in total. The zero-order valence-electron chi connectivity index (χ0n) is 7.13. The number of carbonyl (C=O) groups is 1. The molecule has 2 unspecified atom stereocenters. The van der Waals surface area contributed by atoms with Crippen molar-refractivity contribution in [2.24, 2.45) is 11.3 Å². The van der Waals surface area contributed by atoms with Gasteiger partial charge >= 0.3 is 5.97 Å². The summed E-state index contributed by atoms with van der Waals surface area (Å²) < 4.78 is 4.76. The molecular formula is C8H14ClNO2. The van der Waals surface area contributed by atoms with Crippen molar-refractivity contribution in [2.45, 2.75) is 12.8 Å². The van der Waals surface area contributed by atoms with Gasteiger partial charge in [-0.15, -0.1) is 12.4 Å². The van der Waals surface area contributed by atoms with Crippen molar-refractivity contribution in [2.75, 3.05) is 20.2 Å². The molecule has 2 aliphatic rings. The Morgan fingerprint density at radius 1 is 1.67 bits per heavy atom. The molecule has 0 spiro atoms. The molecule has 1 saturated carbocycles. The number of piperidine rings is 1. The van der Waals surface area contributed by atoms with Crippen LogP contribution in [0.2, 0.25) is 0 Å². The number of hydrogen-bond donors (Lipinski definition) is 1. The first-order valence-corrected chi connectivity index (χ1v) is 4.09. The standard InChI is InChI=1S/C8H13NO2.ClH/c1-11-7(10)8-4-6(8)2-3-9-5-8;/h6,9H,2-5H2,1H3;1H. The third-order valence-electron chi connectivity index (χ3n) is 2.93. The summed E-state index contributed by atoms with van der Waals surface area (Å²) in [5, 5.41) is 3.23. The van der Waals surface area contributed by atoms with Gasteiger partial charge < -0.3 is 10.1 Å². The van der Waals surface area contributed by atoms with E-state index in [4.69, 9.17) is 4.74 Å². The van der Waals surface area contributed by atoms with Crippen LogP contribution in [0.25, 0.3) is 0 Å². The molecule has 12 heavy (non-hydrogen) atoms. The smallest absolute Gasteiger partial charge is 0.313 e. The van der Waals surface area contributed by atoms with Gasteiger partial charge in [0.05, 0.1) is 12.5 Å². The molecule has 0 aromatic carbocycles. The van der Waals surface area contributed by atoms with E-state index in [9.17, 15) is 4.79 Å². The lowest BCUT2D eigenvalue weighted by molar-refractivity contribution is -0.148. The molecule has 1 saturated heterocycles. The highest BCUT2D eigenvalue weighted by Crippen LogP contribution is 2.56. The normalized spacial score (nSPS) is 37.6. The number of nitrogens with one attached hydrogen (secondary N) is 1. The molecule has 0 bridgehead atoms. The molecule has 3 nitrogen and oxygen atoms in total. The van der Waals surface area contributed by atoms with Crippen LogP contribution in [-0.4, -0.2) is 26.2 Å². The van der Waals surface area contributed by atoms with Crippen LogP contribution in [0.5, 0.6) is 0 Å². The van der Waals surface area contributed by atoms with Crippen LogP contribution in [-0.2, 0) is 9.53 Å². The third-order valence-corrected chi connectivity index (χ3v) is 2.93. The van der Waals surface area contributed by atoms with Crippen LogP contribution in [0.4, 0.5) is 0 Å². The molecule has 1 heterocycles. The summed E-state index contributed by atoms with van der Waals surface area (Å²) >= 11 is 0. The van der Waals surface area contributed by atoms with Crippen LogP contribution < -0.4 is 5.32 Å². The van der Waals surface area contributed by atoms with Crippen LogP contribution >= 0.6 is 12.4 Å². The molecule has 0 amide bonds. The third kappa shape index (κ3) is 1.21. The van der Waals surface area contributed by atoms with Crippen molar-refractivity contribution < 1.29 is 9.53 Å². The SMILES string of the molecule is COC(=O)C12CNCCC1C2.Cl. The maximum Gasteiger partial charge on any atom is 0.313 e. The van der Waals surface area contributed by atoms with Gasteiger partial charge in [-0.3, -0.25) is 4.79 Å². The minimum Gasteiger partial charge on any atom is -0.469 e. The highest BCUT2D eigenvalue weighted by Gasteiger charge is 2.61. The number of esters is 1. The number of hydrogen-bond acceptors (Lipinski definition) is 3. The first-order valence-electron chi connectivity index (χ1n) is 4.09. The molecule has 4 heteroatoms. The summed E-state index contributed by atoms with van der Waals surface area (Å²) in [7, 11) is 1.47. The number of fused-ring (bicyclic) bond motifs is 1. The van der Waals surface area contributed by atoms with E-state index in [1.807, 2.05) is 0 Å². The molecular weight excluding hydrogens is 178 g/mol. The monoisotopic (exact) mass is 191 g/mol. The zero-order chi connectivity index (χ0) is 7.90. The average molecular weight is 192 g/mol. The van der Waals surface area contributed by atoms with Crippen molar-refractivity contribution in [3.63, 3.8) is 0 Å². The first kappa shape index (κ1) is 9.81. The van der Waals surface area contributed by atoms with Gasteiger partial charge in [0.15, 0.2) is 0 Å². The Bertz CT molecular complexity index is 197. The van der Waals surface area contributed by atoms with Gasteiger partial charge in [0, 0.05) is 6.54 Å². The van der Waals surface area contributed by atoms with E-state index in [0.29, 0.717) is 5.92 Å². The molecule has 1 aliphatic carbocycles. The summed E-state index contributed by atoms with van der Waals surface area (Å²) in [6.07, 6.45) is 2.17. The van der Waals surface area contributed by atoms with Crippen molar-refractivity contribution in [3.05, 3.63) is 0 Å². The molecule has 1 aliphatic heterocycles. The lowest BCUT2D eigenvalue weighted by Crippen LogP contribution is -2.37. The van der Waals surface area contributed by atoms with Crippen LogP contribution in [0.15, 0.2) is 0 Å². The van der Waals surface area contributed by atoms with Gasteiger partial charge in [-0.05, 0) is 25.3 Å². The van der Waals surface area contributed by atoms with Crippen molar-refractivity contribution >= 4 is 18.4 Å². The second-order valence-electron chi connectivity index (χ2n) is 3.51. The predicted molar refractivity (Wildman–Crippen MR) is 47.3 cm³/mol. The second-order valence-corrected chi connectivity index (χ2v) is 3.51. The van der Waals surface area contributed by atoms with E-state index in [1.165, 1.54) is 7.11 Å². The van der Waals surface area contributed by atoms with Crippen molar-refractivity contribution in [1.82, 2.24) is 5.32 Å². The van der Waals surface area contributed by atoms with E-state index < -0.39 is 0 Å². The highest BCUT2D eigenvalue weighted by molar-refractivity contribution is 5.85. The quantitative estimate of drug-likeness (QED) is 0.617. The fraction of sp³-hybridized carbons (Fsp3) is 0.875. The summed E-state index contributed by atoms with van der Waals surface area (Å²) in [5.74, 6) is 0.589. The van der Waals surface area contributed by atoms with Gasteiger partial charge in [0.25, 0.3) is 0 Å². The Labute approximate surface area is 78.3 Å². The summed E-state index contributed by atoms with van der Waals surface area (Å²) in [5.41, 5.74) is -0.118. The molecule has 0 radical (unpaired) electrons. The van der Waals surface area contributed by atoms with E-state index in [0.717, 1.165) is 25.9 Å². The lowest BCUT2D eigenvalue weighted by atomic mass is 9.99. The van der Waals surface area contributed by atoms with Crippen molar-refractivity contribution in [3.8, 4) is 0 Å². The van der Waals surface area contributed by atoms with Crippen LogP contribution in [0.3, 0.4) is 0 Å². The number of rotatable bonds is 1. The van der Waals surface area contributed by atoms with Gasteiger partial charge in [-0.2, -0.15) is 0 Å². The maximum atomic E-state index is 11.3. The fourth-order valence-electron chi connectivity index (χ4n) is 2.09. The number of methoxy groups -OCH3 is 1. The predicted octanol–water partition coefficient (Wildman–Crippen LogP) is 0.581. The van der Waals surface area contributed by atoms with Gasteiger partial charge in [0.2, 0.25) is 0 Å². The Hall–Kier alpha value is -0.280. The topological polar surface area (TPSA) is 38.3 Å². The van der Waals surface area contributed by atoms with Crippen molar-refractivity contribution in [1.29, 1.82) is 0 Å². The first-order chi connectivity index (χ1) is 5.29. The molecule has 0 aromatic heterocycles. The zero-order valence-corrected chi connectivity index (χ0v) is 7.95. The van der Waals surface area contributed by atoms with E-state index in [1.54, 1.807) is 0 Å². The molecule has 2 rings (SSSR count). The van der Waals surface area contributed by atoms with Crippen LogP contribution in [0, 0.1) is 11.3 Å². The minimum absolute atomic E-state index is 0. The van der Waals surface area contributed by atoms with Gasteiger partial charge in [-0.1, -0.05) is 0 Å². The van der Waals surface area contributed by atoms with E-state index in [2.05, 4.69) is 5.32 Å². The second kappa shape index (κ2) is 3.23. The summed E-state index contributed by atoms with van der Waals surface area (Å²) in [6.45, 7) is 1.88. The Kier molecular flexibility index (Phi) is 2.64. The maximum absolute atomic E-state index is 11.3. The molecule has 2 atom stereocenters. The van der Waals surface area contributed by atoms with Gasteiger partial charge in [-0.25, -0.2) is 0 Å². The average Bonchev–Trinajstić information content (AvgIpc) is 2.78. The molecule has 2 fully saturated rings. The summed E-state index contributed by atoms with van der Waals surface area (Å²) in [6, 6.07) is 0. The molecule has 70 valence electrons. The Morgan fingerprint density at radius 3 is 3.00 bits per heavy atom. The number of halogens is 1. The highest BCUT2D eigenvalue weighted by atomic mass is 35.5. The summed E-state index contributed by atoms with van der Waals surface area (Å²) in [4.78, 5) is 11.3. The minimum atomic E-state index is -0.118. The number of ether oxygens (including phenoxy) is 1.